The van der Waals surface area contributed by atoms with Gasteiger partial charge in [-0.15, -0.1) is 11.3 Å². The van der Waals surface area contributed by atoms with Crippen LogP contribution in [0.4, 0.5) is 16.2 Å². The van der Waals surface area contributed by atoms with Gasteiger partial charge >= 0.3 is 6.03 Å². The van der Waals surface area contributed by atoms with Crippen LogP contribution < -0.4 is 16.4 Å². The van der Waals surface area contributed by atoms with Gasteiger partial charge in [0.2, 0.25) is 0 Å². The van der Waals surface area contributed by atoms with Gasteiger partial charge in [-0.2, -0.15) is 0 Å². The zero-order chi connectivity index (χ0) is 13.0. The predicted octanol–water partition coefficient (Wildman–Crippen LogP) is 3.31. The van der Waals surface area contributed by atoms with E-state index in [-0.39, 0.29) is 6.03 Å². The fraction of sp³-hybridized carbons (Fsp3) is 0.0833. The van der Waals surface area contributed by atoms with Crippen molar-refractivity contribution >= 4 is 40.3 Å². The van der Waals surface area contributed by atoms with Crippen LogP contribution in [0.15, 0.2) is 35.7 Å². The Morgan fingerprint density at radius 3 is 2.89 bits per heavy atom. The lowest BCUT2D eigenvalue weighted by Crippen LogP contribution is -2.27. The number of rotatable bonds is 3. The molecule has 0 spiro atoms. The third-order valence-electron chi connectivity index (χ3n) is 2.26. The average molecular weight is 282 g/mol. The van der Waals surface area contributed by atoms with E-state index in [1.54, 1.807) is 29.5 Å². The van der Waals surface area contributed by atoms with Crippen LogP contribution in [0.2, 0.25) is 5.02 Å². The Hall–Kier alpha value is -1.72. The van der Waals surface area contributed by atoms with Crippen molar-refractivity contribution < 1.29 is 4.79 Å². The maximum Gasteiger partial charge on any atom is 0.319 e. The van der Waals surface area contributed by atoms with Crippen LogP contribution in [-0.4, -0.2) is 6.03 Å². The van der Waals surface area contributed by atoms with Gasteiger partial charge in [0.05, 0.1) is 17.3 Å². The molecule has 4 nitrogen and oxygen atoms in total. The molecule has 1 aromatic heterocycles. The number of nitrogens with one attached hydrogen (secondary N) is 2. The van der Waals surface area contributed by atoms with E-state index in [1.165, 1.54) is 0 Å². The van der Waals surface area contributed by atoms with E-state index in [0.29, 0.717) is 22.9 Å². The topological polar surface area (TPSA) is 67.1 Å². The van der Waals surface area contributed by atoms with E-state index in [4.69, 9.17) is 17.3 Å². The average Bonchev–Trinajstić information content (AvgIpc) is 2.84. The lowest BCUT2D eigenvalue weighted by molar-refractivity contribution is 0.252. The minimum atomic E-state index is -0.274. The Morgan fingerprint density at radius 2 is 2.22 bits per heavy atom. The summed E-state index contributed by atoms with van der Waals surface area (Å²) in [5.41, 5.74) is 6.68. The van der Waals surface area contributed by atoms with Gasteiger partial charge in [-0.3, -0.25) is 0 Å². The molecule has 0 aliphatic carbocycles. The molecule has 0 atom stereocenters. The van der Waals surface area contributed by atoms with Gasteiger partial charge in [0.25, 0.3) is 0 Å². The Balaban J connectivity index is 1.88. The van der Waals surface area contributed by atoms with Gasteiger partial charge in [-0.25, -0.2) is 4.79 Å². The second-order valence-corrected chi connectivity index (χ2v) is 5.06. The third kappa shape index (κ3) is 3.38. The molecule has 1 aromatic carbocycles. The Kier molecular flexibility index (Phi) is 4.07. The quantitative estimate of drug-likeness (QED) is 0.756. The second kappa shape index (κ2) is 5.75. The van der Waals surface area contributed by atoms with Crippen molar-refractivity contribution in [3.8, 4) is 0 Å². The number of thiophene rings is 1. The molecule has 0 saturated heterocycles. The molecule has 0 unspecified atom stereocenters. The number of amides is 2. The monoisotopic (exact) mass is 281 g/mol. The van der Waals surface area contributed by atoms with Crippen LogP contribution >= 0.6 is 22.9 Å². The van der Waals surface area contributed by atoms with E-state index in [9.17, 15) is 4.79 Å². The van der Waals surface area contributed by atoms with Gasteiger partial charge < -0.3 is 16.4 Å². The molecule has 2 aromatic rings. The molecule has 0 fully saturated rings. The number of hydrogen-bond donors (Lipinski definition) is 3. The first-order valence-corrected chi connectivity index (χ1v) is 6.53. The molecule has 4 N–H and O–H groups in total. The van der Waals surface area contributed by atoms with Crippen LogP contribution in [0, 0.1) is 0 Å². The van der Waals surface area contributed by atoms with Crippen LogP contribution in [0.1, 0.15) is 4.88 Å². The molecule has 1 heterocycles. The summed E-state index contributed by atoms with van der Waals surface area (Å²) in [4.78, 5) is 12.7. The number of carbonyl (C=O) groups is 1. The summed E-state index contributed by atoms with van der Waals surface area (Å²) in [5, 5.41) is 7.83. The van der Waals surface area contributed by atoms with Crippen molar-refractivity contribution in [3.05, 3.63) is 45.6 Å². The lowest BCUT2D eigenvalue weighted by atomic mass is 10.3. The number of carbonyl (C=O) groups excluding carboxylic acids is 1. The minimum Gasteiger partial charge on any atom is -0.398 e. The first kappa shape index (κ1) is 12.7. The standard InChI is InChI=1S/C12H12ClN3OS/c13-10-6-8(3-4-11(10)14)16-12(17)15-7-9-2-1-5-18-9/h1-6H,7,14H2,(H2,15,16,17). The van der Waals surface area contributed by atoms with Crippen molar-refractivity contribution in [2.45, 2.75) is 6.54 Å². The van der Waals surface area contributed by atoms with E-state index >= 15 is 0 Å². The summed E-state index contributed by atoms with van der Waals surface area (Å²) in [6.07, 6.45) is 0. The summed E-state index contributed by atoms with van der Waals surface area (Å²) in [6.45, 7) is 0.506. The lowest BCUT2D eigenvalue weighted by Gasteiger charge is -2.07. The van der Waals surface area contributed by atoms with Crippen LogP contribution in [0.25, 0.3) is 0 Å². The summed E-state index contributed by atoms with van der Waals surface area (Å²) >= 11 is 7.46. The number of halogens is 1. The highest BCUT2D eigenvalue weighted by molar-refractivity contribution is 7.09. The van der Waals surface area contributed by atoms with Crippen molar-refractivity contribution in [1.29, 1.82) is 0 Å². The first-order valence-electron chi connectivity index (χ1n) is 5.27. The SMILES string of the molecule is Nc1ccc(NC(=O)NCc2cccs2)cc1Cl. The highest BCUT2D eigenvalue weighted by Crippen LogP contribution is 2.22. The summed E-state index contributed by atoms with van der Waals surface area (Å²) in [7, 11) is 0. The molecular formula is C12H12ClN3OS. The largest absolute Gasteiger partial charge is 0.398 e. The molecule has 2 rings (SSSR count). The van der Waals surface area contributed by atoms with Gasteiger partial charge in [0.1, 0.15) is 0 Å². The zero-order valence-corrected chi connectivity index (χ0v) is 11.0. The molecule has 0 aliphatic heterocycles. The Morgan fingerprint density at radius 1 is 1.39 bits per heavy atom. The smallest absolute Gasteiger partial charge is 0.319 e. The fourth-order valence-electron chi connectivity index (χ4n) is 1.36. The highest BCUT2D eigenvalue weighted by atomic mass is 35.5. The second-order valence-electron chi connectivity index (χ2n) is 3.62. The van der Waals surface area contributed by atoms with Crippen LogP contribution in [0.5, 0.6) is 0 Å². The molecule has 0 aliphatic rings. The van der Waals surface area contributed by atoms with Gasteiger partial charge in [-0.1, -0.05) is 17.7 Å². The van der Waals surface area contributed by atoms with Crippen molar-refractivity contribution in [3.63, 3.8) is 0 Å². The van der Waals surface area contributed by atoms with E-state index in [0.717, 1.165) is 4.88 Å². The number of urea groups is 1. The molecule has 0 radical (unpaired) electrons. The third-order valence-corrected chi connectivity index (χ3v) is 3.47. The normalized spacial score (nSPS) is 10.1. The van der Waals surface area contributed by atoms with Crippen molar-refractivity contribution in [2.24, 2.45) is 0 Å². The summed E-state index contributed by atoms with van der Waals surface area (Å²) in [6, 6.07) is 8.60. The maximum absolute atomic E-state index is 11.6. The molecule has 94 valence electrons. The Bertz CT molecular complexity index is 542. The molecule has 2 amide bonds. The zero-order valence-electron chi connectivity index (χ0n) is 9.44. The summed E-state index contributed by atoms with van der Waals surface area (Å²) < 4.78 is 0. The van der Waals surface area contributed by atoms with Gasteiger partial charge in [-0.05, 0) is 29.6 Å². The minimum absolute atomic E-state index is 0.274. The fourth-order valence-corrected chi connectivity index (χ4v) is 2.19. The van der Waals surface area contributed by atoms with Crippen molar-refractivity contribution in [2.75, 3.05) is 11.1 Å². The molecule has 0 saturated carbocycles. The van der Waals surface area contributed by atoms with E-state index in [1.807, 2.05) is 17.5 Å². The van der Waals surface area contributed by atoms with Crippen LogP contribution in [-0.2, 0) is 6.54 Å². The predicted molar refractivity (Wildman–Crippen MR) is 76.0 cm³/mol. The number of hydrogen-bond acceptors (Lipinski definition) is 3. The summed E-state index contributed by atoms with van der Waals surface area (Å²) in [5.74, 6) is 0. The number of benzene rings is 1. The molecular weight excluding hydrogens is 270 g/mol. The maximum atomic E-state index is 11.6. The van der Waals surface area contributed by atoms with Crippen LogP contribution in [0.3, 0.4) is 0 Å². The van der Waals surface area contributed by atoms with E-state index in [2.05, 4.69) is 10.6 Å². The number of nitrogen functional groups attached to an aromatic ring is 1. The van der Waals surface area contributed by atoms with Gasteiger partial charge in [0.15, 0.2) is 0 Å². The van der Waals surface area contributed by atoms with E-state index < -0.39 is 0 Å². The number of nitrogens with two attached hydrogens (primary N) is 1. The Labute approximate surface area is 114 Å². The first-order chi connectivity index (χ1) is 8.65. The van der Waals surface area contributed by atoms with Crippen molar-refractivity contribution in [1.82, 2.24) is 5.32 Å². The molecule has 6 heteroatoms. The molecule has 18 heavy (non-hydrogen) atoms. The highest BCUT2D eigenvalue weighted by Gasteiger charge is 2.03. The molecule has 0 bridgehead atoms. The van der Waals surface area contributed by atoms with Gasteiger partial charge in [0, 0.05) is 10.6 Å². The number of anilines is 2.